The van der Waals surface area contributed by atoms with Gasteiger partial charge in [-0.1, -0.05) is 0 Å². The largest absolute Gasteiger partial charge is 0.497 e. The van der Waals surface area contributed by atoms with Crippen LogP contribution < -0.4 is 15.2 Å². The zero-order valence-corrected chi connectivity index (χ0v) is 7.99. The minimum absolute atomic E-state index is 0.391. The predicted molar refractivity (Wildman–Crippen MR) is 52.3 cm³/mol. The fourth-order valence-corrected chi connectivity index (χ4v) is 1.01. The maximum Gasteiger partial charge on any atom is 0.140 e. The lowest BCUT2D eigenvalue weighted by atomic mass is 10.2. The number of nitrogens with zero attached hydrogens (tertiary/aromatic N) is 1. The van der Waals surface area contributed by atoms with Crippen molar-refractivity contribution in [3.8, 4) is 17.6 Å². The van der Waals surface area contributed by atoms with Gasteiger partial charge in [-0.15, -0.1) is 0 Å². The Morgan fingerprint density at radius 3 is 2.86 bits per heavy atom. The van der Waals surface area contributed by atoms with Gasteiger partial charge >= 0.3 is 0 Å². The quantitative estimate of drug-likeness (QED) is 0.769. The molecule has 0 aliphatic carbocycles. The van der Waals surface area contributed by atoms with Gasteiger partial charge in [0.1, 0.15) is 24.2 Å². The molecule has 0 bridgehead atoms. The molecule has 4 nitrogen and oxygen atoms in total. The van der Waals surface area contributed by atoms with Crippen LogP contribution in [0.3, 0.4) is 0 Å². The molecule has 0 spiro atoms. The van der Waals surface area contributed by atoms with Crippen LogP contribution in [0.1, 0.15) is 5.56 Å². The van der Waals surface area contributed by atoms with Crippen molar-refractivity contribution in [1.29, 1.82) is 5.26 Å². The Morgan fingerprint density at radius 2 is 2.29 bits per heavy atom. The van der Waals surface area contributed by atoms with Crippen LogP contribution in [0, 0.1) is 11.3 Å². The average molecular weight is 192 g/mol. The Balaban J connectivity index is 2.91. The second kappa shape index (κ2) is 5.10. The molecule has 0 saturated carbocycles. The van der Waals surface area contributed by atoms with E-state index >= 15 is 0 Å². The number of rotatable bonds is 4. The zero-order chi connectivity index (χ0) is 10.4. The normalized spacial score (nSPS) is 9.21. The highest BCUT2D eigenvalue weighted by Gasteiger charge is 2.04. The summed E-state index contributed by atoms with van der Waals surface area (Å²) in [7, 11) is 1.56. The third-order valence-corrected chi connectivity index (χ3v) is 1.68. The van der Waals surface area contributed by atoms with E-state index in [-0.39, 0.29) is 0 Å². The van der Waals surface area contributed by atoms with Crippen molar-refractivity contribution >= 4 is 0 Å². The van der Waals surface area contributed by atoms with Crippen LogP contribution in [0.5, 0.6) is 11.5 Å². The van der Waals surface area contributed by atoms with Crippen molar-refractivity contribution in [3.05, 3.63) is 23.8 Å². The van der Waals surface area contributed by atoms with Crippen LogP contribution in [-0.2, 0) is 0 Å². The Hall–Kier alpha value is -1.73. The molecule has 0 aliphatic rings. The molecule has 0 amide bonds. The molecule has 0 radical (unpaired) electrons. The fourth-order valence-electron chi connectivity index (χ4n) is 1.01. The number of nitriles is 1. The first kappa shape index (κ1) is 10.4. The monoisotopic (exact) mass is 192 g/mol. The van der Waals surface area contributed by atoms with Crippen molar-refractivity contribution in [2.75, 3.05) is 20.3 Å². The molecule has 14 heavy (non-hydrogen) atoms. The number of nitrogens with two attached hydrogens (primary N) is 1. The molecule has 0 aliphatic heterocycles. The molecule has 1 rings (SSSR count). The van der Waals surface area contributed by atoms with Gasteiger partial charge in [0, 0.05) is 12.6 Å². The van der Waals surface area contributed by atoms with Gasteiger partial charge in [-0.05, 0) is 12.1 Å². The summed E-state index contributed by atoms with van der Waals surface area (Å²) < 4.78 is 10.3. The van der Waals surface area contributed by atoms with Crippen molar-refractivity contribution < 1.29 is 9.47 Å². The number of hydrogen-bond acceptors (Lipinski definition) is 4. The minimum atomic E-state index is 0.391. The topological polar surface area (TPSA) is 68.3 Å². The summed E-state index contributed by atoms with van der Waals surface area (Å²) in [5.41, 5.74) is 5.78. The lowest BCUT2D eigenvalue weighted by molar-refractivity contribution is 0.324. The van der Waals surface area contributed by atoms with Gasteiger partial charge in [0.15, 0.2) is 0 Å². The summed E-state index contributed by atoms with van der Waals surface area (Å²) in [6.07, 6.45) is 0. The fraction of sp³-hybridized carbons (Fsp3) is 0.300. The van der Waals surface area contributed by atoms with Crippen LogP contribution in [0.25, 0.3) is 0 Å². The molecule has 0 aromatic heterocycles. The van der Waals surface area contributed by atoms with Crippen molar-refractivity contribution in [1.82, 2.24) is 0 Å². The first-order valence-electron chi connectivity index (χ1n) is 4.23. The Labute approximate surface area is 82.9 Å². The molecular weight excluding hydrogens is 180 g/mol. The first-order valence-corrected chi connectivity index (χ1v) is 4.23. The van der Waals surface area contributed by atoms with E-state index in [9.17, 15) is 0 Å². The number of methoxy groups -OCH3 is 1. The molecule has 2 N–H and O–H groups in total. The van der Waals surface area contributed by atoms with Crippen LogP contribution in [0.2, 0.25) is 0 Å². The van der Waals surface area contributed by atoms with Gasteiger partial charge in [0.2, 0.25) is 0 Å². The third kappa shape index (κ3) is 2.38. The van der Waals surface area contributed by atoms with Crippen LogP contribution in [0.15, 0.2) is 18.2 Å². The summed E-state index contributed by atoms with van der Waals surface area (Å²) in [4.78, 5) is 0. The maximum atomic E-state index is 8.78. The molecule has 0 fully saturated rings. The van der Waals surface area contributed by atoms with Crippen LogP contribution in [-0.4, -0.2) is 20.3 Å². The average Bonchev–Trinajstić information content (AvgIpc) is 2.25. The smallest absolute Gasteiger partial charge is 0.140 e. The van der Waals surface area contributed by atoms with E-state index in [0.29, 0.717) is 30.2 Å². The molecule has 4 heteroatoms. The Morgan fingerprint density at radius 1 is 1.50 bits per heavy atom. The van der Waals surface area contributed by atoms with E-state index < -0.39 is 0 Å². The van der Waals surface area contributed by atoms with Crippen LogP contribution in [0.4, 0.5) is 0 Å². The van der Waals surface area contributed by atoms with Gasteiger partial charge in [-0.3, -0.25) is 0 Å². The maximum absolute atomic E-state index is 8.78. The summed E-state index contributed by atoms with van der Waals surface area (Å²) in [5, 5.41) is 8.78. The molecule has 0 heterocycles. The van der Waals surface area contributed by atoms with Gasteiger partial charge in [0.25, 0.3) is 0 Å². The summed E-state index contributed by atoms with van der Waals surface area (Å²) >= 11 is 0. The molecule has 0 atom stereocenters. The third-order valence-electron chi connectivity index (χ3n) is 1.68. The summed E-state index contributed by atoms with van der Waals surface area (Å²) in [6, 6.07) is 7.08. The molecule has 74 valence electrons. The lowest BCUT2D eigenvalue weighted by Crippen LogP contribution is -2.11. The summed E-state index contributed by atoms with van der Waals surface area (Å²) in [6.45, 7) is 0.809. The van der Waals surface area contributed by atoms with Crippen LogP contribution >= 0.6 is 0 Å². The van der Waals surface area contributed by atoms with Gasteiger partial charge < -0.3 is 15.2 Å². The lowest BCUT2D eigenvalue weighted by Gasteiger charge is -2.07. The van der Waals surface area contributed by atoms with Crippen molar-refractivity contribution in [3.63, 3.8) is 0 Å². The van der Waals surface area contributed by atoms with E-state index in [1.165, 1.54) is 0 Å². The molecule has 0 unspecified atom stereocenters. The molecule has 1 aromatic carbocycles. The number of ether oxygens (including phenoxy) is 2. The Bertz CT molecular complexity index is 344. The molecule has 0 saturated heterocycles. The van der Waals surface area contributed by atoms with E-state index in [2.05, 4.69) is 0 Å². The van der Waals surface area contributed by atoms with Gasteiger partial charge in [0.05, 0.1) is 12.7 Å². The van der Waals surface area contributed by atoms with E-state index in [4.69, 9.17) is 20.5 Å². The van der Waals surface area contributed by atoms with Crippen molar-refractivity contribution in [2.45, 2.75) is 0 Å². The highest BCUT2D eigenvalue weighted by atomic mass is 16.5. The predicted octanol–water partition coefficient (Wildman–Crippen LogP) is 0.904. The highest BCUT2D eigenvalue weighted by Crippen LogP contribution is 2.23. The zero-order valence-electron chi connectivity index (χ0n) is 7.99. The van der Waals surface area contributed by atoms with Gasteiger partial charge in [-0.2, -0.15) is 5.26 Å². The minimum Gasteiger partial charge on any atom is -0.497 e. The SMILES string of the molecule is COc1ccc(C#N)c(OCCN)c1. The van der Waals surface area contributed by atoms with E-state index in [1.807, 2.05) is 6.07 Å². The highest BCUT2D eigenvalue weighted by molar-refractivity contribution is 5.47. The molecule has 1 aromatic rings. The van der Waals surface area contributed by atoms with Crippen molar-refractivity contribution in [2.24, 2.45) is 5.73 Å². The summed E-state index contributed by atoms with van der Waals surface area (Å²) in [5.74, 6) is 1.17. The van der Waals surface area contributed by atoms with E-state index in [0.717, 1.165) is 0 Å². The molecular formula is C10H12N2O2. The van der Waals surface area contributed by atoms with E-state index in [1.54, 1.807) is 25.3 Å². The Kier molecular flexibility index (Phi) is 3.77. The second-order valence-electron chi connectivity index (χ2n) is 2.61. The number of hydrogen-bond donors (Lipinski definition) is 1. The first-order chi connectivity index (χ1) is 6.81. The van der Waals surface area contributed by atoms with Gasteiger partial charge in [-0.25, -0.2) is 0 Å². The number of benzene rings is 1. The standard InChI is InChI=1S/C10H12N2O2/c1-13-9-3-2-8(7-12)10(6-9)14-5-4-11/h2-3,6H,4-5,11H2,1H3. The second-order valence-corrected chi connectivity index (χ2v) is 2.61.